The van der Waals surface area contributed by atoms with Crippen molar-refractivity contribution >= 4 is 23.8 Å². The summed E-state index contributed by atoms with van der Waals surface area (Å²) in [7, 11) is 0. The number of hydrogen-bond donors (Lipinski definition) is 2. The minimum atomic E-state index is -0.890. The SMILES string of the molecule is O=C(CN1N=CN2NC(c3ccccc3)CC2C1=O)Nc1ccc(F)cc1F. The van der Waals surface area contributed by atoms with E-state index in [1.807, 2.05) is 30.3 Å². The number of fused-ring (bicyclic) bond motifs is 1. The number of nitrogens with zero attached hydrogens (tertiary/aromatic N) is 3. The minimum Gasteiger partial charge on any atom is -0.322 e. The Labute approximate surface area is 159 Å². The molecule has 2 aromatic carbocycles. The molecule has 1 fully saturated rings. The highest BCUT2D eigenvalue weighted by Gasteiger charge is 2.41. The molecular formula is C19H17F2N5O2. The van der Waals surface area contributed by atoms with Gasteiger partial charge in [0.25, 0.3) is 5.91 Å². The van der Waals surface area contributed by atoms with Gasteiger partial charge in [-0.1, -0.05) is 30.3 Å². The number of hydrazine groups is 1. The number of rotatable bonds is 4. The summed E-state index contributed by atoms with van der Waals surface area (Å²) >= 11 is 0. The molecule has 2 unspecified atom stereocenters. The van der Waals surface area contributed by atoms with Crippen molar-refractivity contribution in [2.75, 3.05) is 11.9 Å². The molecule has 9 heteroatoms. The average Bonchev–Trinajstić information content (AvgIpc) is 3.12. The summed E-state index contributed by atoms with van der Waals surface area (Å²) in [6.45, 7) is -0.369. The summed E-state index contributed by atoms with van der Waals surface area (Å²) in [5.41, 5.74) is 4.11. The quantitative estimate of drug-likeness (QED) is 0.844. The van der Waals surface area contributed by atoms with Crippen LogP contribution < -0.4 is 10.7 Å². The van der Waals surface area contributed by atoms with E-state index in [0.29, 0.717) is 12.5 Å². The van der Waals surface area contributed by atoms with Crippen molar-refractivity contribution < 1.29 is 18.4 Å². The number of anilines is 1. The lowest BCUT2D eigenvalue weighted by Gasteiger charge is -2.29. The fourth-order valence-corrected chi connectivity index (χ4v) is 3.27. The van der Waals surface area contributed by atoms with Gasteiger partial charge in [0.2, 0.25) is 5.91 Å². The van der Waals surface area contributed by atoms with Gasteiger partial charge < -0.3 is 5.32 Å². The van der Waals surface area contributed by atoms with Crippen LogP contribution in [-0.4, -0.2) is 40.8 Å². The number of benzene rings is 2. The fraction of sp³-hybridized carbons (Fsp3) is 0.211. The topological polar surface area (TPSA) is 77.0 Å². The zero-order valence-corrected chi connectivity index (χ0v) is 14.7. The van der Waals surface area contributed by atoms with Gasteiger partial charge in [-0.05, 0) is 24.1 Å². The Kier molecular flexibility index (Phi) is 4.74. The second kappa shape index (κ2) is 7.35. The summed E-state index contributed by atoms with van der Waals surface area (Å²) in [6, 6.07) is 12.0. The molecule has 7 nitrogen and oxygen atoms in total. The fourth-order valence-electron chi connectivity index (χ4n) is 3.27. The Morgan fingerprint density at radius 1 is 1.21 bits per heavy atom. The molecule has 2 aliphatic heterocycles. The van der Waals surface area contributed by atoms with E-state index in [1.165, 1.54) is 6.34 Å². The molecule has 0 aliphatic carbocycles. The Morgan fingerprint density at radius 2 is 2.00 bits per heavy atom. The Morgan fingerprint density at radius 3 is 2.75 bits per heavy atom. The maximum absolute atomic E-state index is 13.7. The predicted octanol–water partition coefficient (Wildman–Crippen LogP) is 2.01. The zero-order chi connectivity index (χ0) is 19.7. The first kappa shape index (κ1) is 18.1. The largest absolute Gasteiger partial charge is 0.322 e. The van der Waals surface area contributed by atoms with E-state index in [0.717, 1.165) is 22.7 Å². The van der Waals surface area contributed by atoms with E-state index >= 15 is 0 Å². The number of carbonyl (C=O) groups excluding carboxylic acids is 2. The van der Waals surface area contributed by atoms with Crippen LogP contribution in [0.15, 0.2) is 53.6 Å². The van der Waals surface area contributed by atoms with Crippen molar-refractivity contribution in [1.29, 1.82) is 0 Å². The molecule has 2 amide bonds. The Balaban J connectivity index is 1.40. The van der Waals surface area contributed by atoms with Gasteiger partial charge in [0.15, 0.2) is 0 Å². The average molecular weight is 385 g/mol. The third kappa shape index (κ3) is 3.56. The second-order valence-corrected chi connectivity index (χ2v) is 6.55. The van der Waals surface area contributed by atoms with Crippen molar-refractivity contribution in [3.63, 3.8) is 0 Å². The molecule has 28 heavy (non-hydrogen) atoms. The van der Waals surface area contributed by atoms with E-state index in [-0.39, 0.29) is 24.2 Å². The molecule has 4 rings (SSSR count). The smallest absolute Gasteiger partial charge is 0.267 e. The number of amides is 2. The first-order chi connectivity index (χ1) is 13.5. The lowest BCUT2D eigenvalue weighted by molar-refractivity contribution is -0.139. The van der Waals surface area contributed by atoms with E-state index in [2.05, 4.69) is 15.8 Å². The predicted molar refractivity (Wildman–Crippen MR) is 97.8 cm³/mol. The van der Waals surface area contributed by atoms with Gasteiger partial charge in [0, 0.05) is 6.07 Å². The molecule has 0 bridgehead atoms. The maximum atomic E-state index is 13.7. The minimum absolute atomic E-state index is 0.0383. The molecule has 0 saturated carbocycles. The molecule has 144 valence electrons. The molecular weight excluding hydrogens is 368 g/mol. The van der Waals surface area contributed by atoms with Crippen LogP contribution in [-0.2, 0) is 9.59 Å². The van der Waals surface area contributed by atoms with Crippen molar-refractivity contribution in [2.24, 2.45) is 5.10 Å². The third-order valence-electron chi connectivity index (χ3n) is 4.66. The molecule has 2 heterocycles. The highest BCUT2D eigenvalue weighted by Crippen LogP contribution is 2.29. The molecule has 2 atom stereocenters. The van der Waals surface area contributed by atoms with Crippen molar-refractivity contribution in [1.82, 2.24) is 15.4 Å². The summed E-state index contributed by atoms with van der Waals surface area (Å²) in [4.78, 5) is 24.9. The van der Waals surface area contributed by atoms with Crippen LogP contribution in [0.3, 0.4) is 0 Å². The maximum Gasteiger partial charge on any atom is 0.267 e. The first-order valence-corrected chi connectivity index (χ1v) is 8.71. The first-order valence-electron chi connectivity index (χ1n) is 8.71. The van der Waals surface area contributed by atoms with Gasteiger partial charge in [-0.2, -0.15) is 5.10 Å². The van der Waals surface area contributed by atoms with Crippen molar-refractivity contribution in [3.05, 3.63) is 65.7 Å². The van der Waals surface area contributed by atoms with Crippen LogP contribution in [0.5, 0.6) is 0 Å². The zero-order valence-electron chi connectivity index (χ0n) is 14.7. The van der Waals surface area contributed by atoms with Gasteiger partial charge in [-0.15, -0.1) is 0 Å². The van der Waals surface area contributed by atoms with Crippen LogP contribution in [0.2, 0.25) is 0 Å². The van der Waals surface area contributed by atoms with Crippen LogP contribution in [0.1, 0.15) is 18.0 Å². The standard InChI is InChI=1S/C19H17F2N5O2/c20-13-6-7-15(14(21)8-13)23-18(27)10-25-19(28)17-9-16(24-26(17)11-22-25)12-4-2-1-3-5-12/h1-8,11,16-17,24H,9-10H2,(H,23,27). The van der Waals surface area contributed by atoms with Crippen LogP contribution >= 0.6 is 0 Å². The van der Waals surface area contributed by atoms with E-state index in [1.54, 1.807) is 5.01 Å². The Bertz CT molecular complexity index is 937. The molecule has 0 aromatic heterocycles. The second-order valence-electron chi connectivity index (χ2n) is 6.55. The Hall–Kier alpha value is -3.33. The van der Waals surface area contributed by atoms with Crippen LogP contribution in [0.4, 0.5) is 14.5 Å². The van der Waals surface area contributed by atoms with Gasteiger partial charge >= 0.3 is 0 Å². The van der Waals surface area contributed by atoms with Crippen LogP contribution in [0, 0.1) is 11.6 Å². The number of carbonyl (C=O) groups is 2. The third-order valence-corrected chi connectivity index (χ3v) is 4.66. The summed E-state index contributed by atoms with van der Waals surface area (Å²) < 4.78 is 26.6. The molecule has 1 saturated heterocycles. The normalized spacial score (nSPS) is 21.0. The molecule has 2 aromatic rings. The number of halogens is 2. The number of hydrazone groups is 1. The monoisotopic (exact) mass is 385 g/mol. The number of hydrogen-bond acceptors (Lipinski definition) is 5. The summed E-state index contributed by atoms with van der Waals surface area (Å²) in [6.07, 6.45) is 1.99. The van der Waals surface area contributed by atoms with Crippen molar-refractivity contribution in [3.8, 4) is 0 Å². The van der Waals surface area contributed by atoms with E-state index < -0.39 is 23.6 Å². The lowest BCUT2D eigenvalue weighted by atomic mass is 10.0. The van der Waals surface area contributed by atoms with Gasteiger partial charge in [-0.3, -0.25) is 14.6 Å². The lowest BCUT2D eigenvalue weighted by Crippen LogP contribution is -2.52. The number of nitrogens with one attached hydrogen (secondary N) is 2. The van der Waals surface area contributed by atoms with Crippen molar-refractivity contribution in [2.45, 2.75) is 18.5 Å². The summed E-state index contributed by atoms with van der Waals surface area (Å²) in [5.74, 6) is -2.59. The summed E-state index contributed by atoms with van der Waals surface area (Å²) in [5, 5.41) is 9.01. The van der Waals surface area contributed by atoms with E-state index in [4.69, 9.17) is 0 Å². The van der Waals surface area contributed by atoms with Gasteiger partial charge in [-0.25, -0.2) is 19.2 Å². The molecule has 0 radical (unpaired) electrons. The highest BCUT2D eigenvalue weighted by atomic mass is 19.1. The molecule has 2 N–H and O–H groups in total. The van der Waals surface area contributed by atoms with E-state index in [9.17, 15) is 18.4 Å². The van der Waals surface area contributed by atoms with Crippen LogP contribution in [0.25, 0.3) is 0 Å². The highest BCUT2D eigenvalue weighted by molar-refractivity contribution is 5.96. The molecule has 0 spiro atoms. The van der Waals surface area contributed by atoms with Gasteiger partial charge in [0.05, 0.1) is 11.7 Å². The molecule has 2 aliphatic rings. The van der Waals surface area contributed by atoms with Gasteiger partial charge in [0.1, 0.15) is 30.6 Å².